The van der Waals surface area contributed by atoms with Crippen LogP contribution < -0.4 is 11.1 Å². The number of likely N-dealkylation sites (tertiary alicyclic amines) is 1. The predicted molar refractivity (Wildman–Crippen MR) is 91.2 cm³/mol. The highest BCUT2D eigenvalue weighted by atomic mass is 35.5. The highest BCUT2D eigenvalue weighted by Gasteiger charge is 2.23. The van der Waals surface area contributed by atoms with E-state index in [1.807, 2.05) is 12.1 Å². The van der Waals surface area contributed by atoms with E-state index in [1.54, 1.807) is 6.07 Å². The number of halogens is 2. The Bertz CT molecular complexity index is 490. The molecule has 0 bridgehead atoms. The number of nitrogens with two attached hydrogens (primary N) is 1. The number of hydrogen-bond acceptors (Lipinski definition) is 3. The normalized spacial score (nSPS) is 19.1. The molecule has 4 nitrogen and oxygen atoms in total. The molecule has 0 radical (unpaired) electrons. The van der Waals surface area contributed by atoms with Gasteiger partial charge in [-0.15, -0.1) is 0 Å². The van der Waals surface area contributed by atoms with Crippen molar-refractivity contribution < 1.29 is 4.79 Å². The first-order valence-electron chi connectivity index (χ1n) is 7.74. The molecule has 0 aliphatic carbocycles. The standard InChI is InChI=1S/C16H23Cl2N3O/c17-13-7-12(8-14(18)9-13)11-21-6-2-1-3-15(21)10-20-16(22)4-5-19/h7-9,15H,1-6,10-11,19H2,(H,20,22). The van der Waals surface area contributed by atoms with Crippen LogP contribution >= 0.6 is 23.2 Å². The van der Waals surface area contributed by atoms with E-state index in [0.717, 1.165) is 25.1 Å². The van der Waals surface area contributed by atoms with Gasteiger partial charge in [0.05, 0.1) is 0 Å². The number of benzene rings is 1. The van der Waals surface area contributed by atoms with Gasteiger partial charge in [0.2, 0.25) is 5.91 Å². The smallest absolute Gasteiger partial charge is 0.221 e. The molecule has 122 valence electrons. The molecule has 1 atom stereocenters. The molecular formula is C16H23Cl2N3O. The second-order valence-corrected chi connectivity index (χ2v) is 6.61. The van der Waals surface area contributed by atoms with Crippen molar-refractivity contribution in [2.45, 2.75) is 38.3 Å². The second kappa shape index (κ2) is 8.73. The van der Waals surface area contributed by atoms with Gasteiger partial charge < -0.3 is 11.1 Å². The zero-order valence-corrected chi connectivity index (χ0v) is 14.2. The Morgan fingerprint density at radius 1 is 1.27 bits per heavy atom. The molecule has 0 aromatic heterocycles. The number of piperidine rings is 1. The van der Waals surface area contributed by atoms with Gasteiger partial charge in [0.1, 0.15) is 0 Å². The average Bonchev–Trinajstić information content (AvgIpc) is 2.45. The zero-order valence-electron chi connectivity index (χ0n) is 12.7. The molecule has 0 saturated carbocycles. The third-order valence-corrected chi connectivity index (χ3v) is 4.40. The topological polar surface area (TPSA) is 58.4 Å². The van der Waals surface area contributed by atoms with Gasteiger partial charge in [-0.2, -0.15) is 0 Å². The Morgan fingerprint density at radius 3 is 2.68 bits per heavy atom. The second-order valence-electron chi connectivity index (χ2n) is 5.74. The van der Waals surface area contributed by atoms with Crippen LogP contribution in [-0.4, -0.2) is 36.5 Å². The monoisotopic (exact) mass is 343 g/mol. The summed E-state index contributed by atoms with van der Waals surface area (Å²) in [6, 6.07) is 6.00. The predicted octanol–water partition coefficient (Wildman–Crippen LogP) is 2.81. The molecule has 1 aromatic rings. The number of carbonyl (C=O) groups excluding carboxylic acids is 1. The summed E-state index contributed by atoms with van der Waals surface area (Å²) in [5.74, 6) is 0.0267. The van der Waals surface area contributed by atoms with E-state index in [1.165, 1.54) is 12.8 Å². The lowest BCUT2D eigenvalue weighted by Gasteiger charge is -2.36. The maximum absolute atomic E-state index is 11.6. The lowest BCUT2D eigenvalue weighted by molar-refractivity contribution is -0.121. The van der Waals surface area contributed by atoms with Gasteiger partial charge in [-0.3, -0.25) is 9.69 Å². The van der Waals surface area contributed by atoms with Gasteiger partial charge in [0, 0.05) is 42.1 Å². The fraction of sp³-hybridized carbons (Fsp3) is 0.562. The van der Waals surface area contributed by atoms with E-state index in [4.69, 9.17) is 28.9 Å². The van der Waals surface area contributed by atoms with E-state index in [2.05, 4.69) is 10.2 Å². The maximum Gasteiger partial charge on any atom is 0.221 e. The Balaban J connectivity index is 1.95. The van der Waals surface area contributed by atoms with Crippen LogP contribution in [0.3, 0.4) is 0 Å². The molecule has 1 heterocycles. The van der Waals surface area contributed by atoms with E-state index < -0.39 is 0 Å². The van der Waals surface area contributed by atoms with Gasteiger partial charge in [0.25, 0.3) is 0 Å². The van der Waals surface area contributed by atoms with Crippen molar-refractivity contribution in [3.63, 3.8) is 0 Å². The van der Waals surface area contributed by atoms with Crippen molar-refractivity contribution in [2.75, 3.05) is 19.6 Å². The number of carbonyl (C=O) groups is 1. The van der Waals surface area contributed by atoms with Gasteiger partial charge in [-0.1, -0.05) is 29.6 Å². The summed E-state index contributed by atoms with van der Waals surface area (Å²) in [6.07, 6.45) is 3.86. The van der Waals surface area contributed by atoms with Crippen LogP contribution in [0.25, 0.3) is 0 Å². The number of nitrogens with one attached hydrogen (secondary N) is 1. The van der Waals surface area contributed by atoms with Crippen molar-refractivity contribution in [1.82, 2.24) is 10.2 Å². The summed E-state index contributed by atoms with van der Waals surface area (Å²) < 4.78 is 0. The van der Waals surface area contributed by atoms with E-state index in [0.29, 0.717) is 35.6 Å². The lowest BCUT2D eigenvalue weighted by Crippen LogP contribution is -2.46. The minimum atomic E-state index is 0.0267. The first-order chi connectivity index (χ1) is 10.6. The molecule has 1 fully saturated rings. The Kier molecular flexibility index (Phi) is 6.96. The number of hydrogen-bond donors (Lipinski definition) is 2. The third-order valence-electron chi connectivity index (χ3n) is 3.96. The minimum absolute atomic E-state index is 0.0267. The molecule has 6 heteroatoms. The van der Waals surface area contributed by atoms with Crippen LogP contribution in [0.1, 0.15) is 31.2 Å². The average molecular weight is 344 g/mol. The highest BCUT2D eigenvalue weighted by molar-refractivity contribution is 6.34. The minimum Gasteiger partial charge on any atom is -0.354 e. The lowest BCUT2D eigenvalue weighted by atomic mass is 10.0. The van der Waals surface area contributed by atoms with Crippen LogP contribution in [-0.2, 0) is 11.3 Å². The first-order valence-corrected chi connectivity index (χ1v) is 8.50. The molecule has 1 aromatic carbocycles. The molecule has 1 unspecified atom stereocenters. The van der Waals surface area contributed by atoms with Crippen LogP contribution in [0.15, 0.2) is 18.2 Å². The van der Waals surface area contributed by atoms with Crippen molar-refractivity contribution in [2.24, 2.45) is 5.73 Å². The molecule has 1 aliphatic heterocycles. The largest absolute Gasteiger partial charge is 0.354 e. The molecule has 1 aliphatic rings. The highest BCUT2D eigenvalue weighted by Crippen LogP contribution is 2.23. The summed E-state index contributed by atoms with van der Waals surface area (Å²) in [4.78, 5) is 14.0. The van der Waals surface area contributed by atoms with Gasteiger partial charge >= 0.3 is 0 Å². The van der Waals surface area contributed by atoms with Gasteiger partial charge in [-0.05, 0) is 43.1 Å². The third kappa shape index (κ3) is 5.43. The molecule has 3 N–H and O–H groups in total. The van der Waals surface area contributed by atoms with Gasteiger partial charge in [0.15, 0.2) is 0 Å². The zero-order chi connectivity index (χ0) is 15.9. The van der Waals surface area contributed by atoms with Crippen molar-refractivity contribution in [3.8, 4) is 0 Å². The molecule has 22 heavy (non-hydrogen) atoms. The summed E-state index contributed by atoms with van der Waals surface area (Å²) in [7, 11) is 0. The van der Waals surface area contributed by atoms with Crippen LogP contribution in [0, 0.1) is 0 Å². The van der Waals surface area contributed by atoms with E-state index in [9.17, 15) is 4.79 Å². The van der Waals surface area contributed by atoms with Gasteiger partial charge in [-0.25, -0.2) is 0 Å². The van der Waals surface area contributed by atoms with Crippen LogP contribution in [0.4, 0.5) is 0 Å². The van der Waals surface area contributed by atoms with Crippen molar-refractivity contribution in [1.29, 1.82) is 0 Å². The SMILES string of the molecule is NCCC(=O)NCC1CCCCN1Cc1cc(Cl)cc(Cl)c1. The maximum atomic E-state index is 11.6. The Morgan fingerprint density at radius 2 is 2.00 bits per heavy atom. The molecular weight excluding hydrogens is 321 g/mol. The summed E-state index contributed by atoms with van der Waals surface area (Å²) in [5, 5.41) is 4.30. The van der Waals surface area contributed by atoms with Crippen molar-refractivity contribution in [3.05, 3.63) is 33.8 Å². The molecule has 2 rings (SSSR count). The van der Waals surface area contributed by atoms with Crippen molar-refractivity contribution >= 4 is 29.1 Å². The van der Waals surface area contributed by atoms with Crippen LogP contribution in [0.2, 0.25) is 10.0 Å². The number of nitrogens with zero attached hydrogens (tertiary/aromatic N) is 1. The number of rotatable bonds is 6. The Labute approximate surface area is 141 Å². The summed E-state index contributed by atoms with van der Waals surface area (Å²) in [5.41, 5.74) is 6.51. The van der Waals surface area contributed by atoms with Crippen LogP contribution in [0.5, 0.6) is 0 Å². The van der Waals surface area contributed by atoms with E-state index in [-0.39, 0.29) is 5.91 Å². The summed E-state index contributed by atoms with van der Waals surface area (Å²) >= 11 is 12.1. The quantitative estimate of drug-likeness (QED) is 0.834. The number of amides is 1. The fourth-order valence-corrected chi connectivity index (χ4v) is 3.46. The molecule has 1 saturated heterocycles. The first kappa shape index (κ1) is 17.5. The molecule has 0 spiro atoms. The summed E-state index contributed by atoms with van der Waals surface area (Å²) in [6.45, 7) is 2.90. The fourth-order valence-electron chi connectivity index (χ4n) is 2.89. The van der Waals surface area contributed by atoms with E-state index >= 15 is 0 Å². The Hall–Kier alpha value is -0.810. The molecule has 1 amide bonds.